The highest BCUT2D eigenvalue weighted by atomic mass is 32.1. The molecule has 4 heterocycles. The zero-order chi connectivity index (χ0) is 18.4. The number of H-pyrrole nitrogens is 1. The van der Waals surface area contributed by atoms with Crippen LogP contribution >= 0.6 is 11.3 Å². The van der Waals surface area contributed by atoms with Gasteiger partial charge < -0.3 is 10.6 Å². The maximum absolute atomic E-state index is 5.92. The highest BCUT2D eigenvalue weighted by Gasteiger charge is 2.40. The van der Waals surface area contributed by atoms with E-state index < -0.39 is 0 Å². The first-order valence-electron chi connectivity index (χ1n) is 8.87. The van der Waals surface area contributed by atoms with Crippen molar-refractivity contribution in [2.24, 2.45) is 5.73 Å². The maximum atomic E-state index is 5.92. The predicted molar refractivity (Wildman–Crippen MR) is 108 cm³/mol. The summed E-state index contributed by atoms with van der Waals surface area (Å²) in [5.41, 5.74) is 12.7. The Morgan fingerprint density at radius 2 is 2.11 bits per heavy atom. The molecule has 0 radical (unpaired) electrons. The number of rotatable bonds is 4. The Hall–Kier alpha value is -2.84. The summed E-state index contributed by atoms with van der Waals surface area (Å²) in [7, 11) is 0. The maximum Gasteiger partial charge on any atom is 0.151 e. The second-order valence-electron chi connectivity index (χ2n) is 7.06. The van der Waals surface area contributed by atoms with Gasteiger partial charge in [-0.1, -0.05) is 12.1 Å². The first kappa shape index (κ1) is 16.3. The van der Waals surface area contributed by atoms with Crippen molar-refractivity contribution in [2.45, 2.75) is 18.9 Å². The monoisotopic (exact) mass is 377 g/mol. The molecule has 0 bridgehead atoms. The average molecular weight is 377 g/mol. The highest BCUT2D eigenvalue weighted by Crippen LogP contribution is 2.37. The van der Waals surface area contributed by atoms with Crippen molar-refractivity contribution in [1.82, 2.24) is 25.4 Å². The fraction of sp³-hybridized carbons (Fsp3) is 0.263. The van der Waals surface area contributed by atoms with Gasteiger partial charge in [0, 0.05) is 36.0 Å². The summed E-state index contributed by atoms with van der Waals surface area (Å²) in [6.45, 7) is 3.76. The third-order valence-electron chi connectivity index (χ3n) is 5.46. The topological polar surface area (TPSA) is 96.6 Å². The summed E-state index contributed by atoms with van der Waals surface area (Å²) in [5.74, 6) is 0.883. The largest absolute Gasteiger partial charge is 0.348 e. The molecule has 27 heavy (non-hydrogen) atoms. The summed E-state index contributed by atoms with van der Waals surface area (Å²) in [5, 5.41) is 15.9. The Morgan fingerprint density at radius 1 is 1.22 bits per heavy atom. The summed E-state index contributed by atoms with van der Waals surface area (Å²) < 4.78 is 1.10. The van der Waals surface area contributed by atoms with E-state index in [0.717, 1.165) is 51.4 Å². The van der Waals surface area contributed by atoms with E-state index in [2.05, 4.69) is 49.3 Å². The van der Waals surface area contributed by atoms with Crippen molar-refractivity contribution in [3.63, 3.8) is 0 Å². The molecule has 3 N–H and O–H groups in total. The molecule has 1 unspecified atom stereocenters. The Morgan fingerprint density at radius 3 is 2.78 bits per heavy atom. The Labute approximate surface area is 160 Å². The van der Waals surface area contributed by atoms with Gasteiger partial charge >= 0.3 is 0 Å². The van der Waals surface area contributed by atoms with E-state index in [0.29, 0.717) is 6.54 Å². The number of aromatic amines is 1. The number of hydrogen-bond donors (Lipinski definition) is 2. The van der Waals surface area contributed by atoms with E-state index in [-0.39, 0.29) is 5.54 Å². The second kappa shape index (κ2) is 6.11. The lowest BCUT2D eigenvalue weighted by atomic mass is 9.87. The van der Waals surface area contributed by atoms with Gasteiger partial charge in [-0.15, -0.1) is 21.5 Å². The van der Waals surface area contributed by atoms with Gasteiger partial charge in [-0.05, 0) is 25.5 Å². The lowest BCUT2D eigenvalue weighted by Gasteiger charge is -2.50. The Bertz CT molecular complexity index is 1080. The second-order valence-corrected chi connectivity index (χ2v) is 7.91. The molecule has 1 aromatic carbocycles. The molecule has 3 aromatic heterocycles. The van der Waals surface area contributed by atoms with Crippen LogP contribution in [0, 0.1) is 0 Å². The third kappa shape index (κ3) is 2.52. The number of nitrogens with one attached hydrogen (secondary N) is 1. The SMILES string of the molecule is CC1(CN)CCN1c1ccc(-c2ccc(-c3cn[nH]c3)c3ncsc23)nn1. The minimum Gasteiger partial charge on any atom is -0.348 e. The van der Waals surface area contributed by atoms with Crippen molar-refractivity contribution in [1.29, 1.82) is 0 Å². The number of aromatic nitrogens is 5. The molecular weight excluding hydrogens is 358 g/mol. The van der Waals surface area contributed by atoms with Crippen LogP contribution in [0.2, 0.25) is 0 Å². The van der Waals surface area contributed by atoms with Gasteiger partial charge in [0.2, 0.25) is 0 Å². The first-order valence-corrected chi connectivity index (χ1v) is 9.75. The molecule has 1 aliphatic rings. The fourth-order valence-corrected chi connectivity index (χ4v) is 4.44. The molecule has 0 aliphatic carbocycles. The molecule has 0 saturated carbocycles. The van der Waals surface area contributed by atoms with Gasteiger partial charge in [0.1, 0.15) is 0 Å². The van der Waals surface area contributed by atoms with Crippen molar-refractivity contribution in [3.05, 3.63) is 42.2 Å². The number of fused-ring (bicyclic) bond motifs is 1. The highest BCUT2D eigenvalue weighted by molar-refractivity contribution is 7.17. The molecule has 0 amide bonds. The molecule has 1 fully saturated rings. The zero-order valence-corrected chi connectivity index (χ0v) is 15.7. The molecule has 1 atom stereocenters. The lowest BCUT2D eigenvalue weighted by Crippen LogP contribution is -2.62. The summed E-state index contributed by atoms with van der Waals surface area (Å²) >= 11 is 1.61. The van der Waals surface area contributed by atoms with E-state index >= 15 is 0 Å². The molecule has 136 valence electrons. The van der Waals surface area contributed by atoms with Crippen LogP contribution in [-0.4, -0.2) is 44.0 Å². The molecule has 8 heteroatoms. The number of nitrogens with two attached hydrogens (primary N) is 1. The molecule has 1 aliphatic heterocycles. The van der Waals surface area contributed by atoms with E-state index in [9.17, 15) is 0 Å². The summed E-state index contributed by atoms with van der Waals surface area (Å²) in [4.78, 5) is 6.80. The summed E-state index contributed by atoms with van der Waals surface area (Å²) in [6, 6.07) is 8.22. The van der Waals surface area contributed by atoms with Gasteiger partial charge in [0.05, 0.1) is 33.2 Å². The summed E-state index contributed by atoms with van der Waals surface area (Å²) in [6.07, 6.45) is 4.78. The molecular formula is C19H19N7S. The number of anilines is 1. The molecule has 0 spiro atoms. The van der Waals surface area contributed by atoms with Crippen molar-refractivity contribution in [2.75, 3.05) is 18.0 Å². The normalized spacial score (nSPS) is 19.4. The zero-order valence-electron chi connectivity index (χ0n) is 14.9. The Kier molecular flexibility index (Phi) is 3.70. The fourth-order valence-electron chi connectivity index (χ4n) is 3.60. The van der Waals surface area contributed by atoms with Gasteiger partial charge in [-0.3, -0.25) is 5.10 Å². The van der Waals surface area contributed by atoms with Crippen LogP contribution in [0.15, 0.2) is 42.2 Å². The number of thiazole rings is 1. The van der Waals surface area contributed by atoms with Crippen molar-refractivity contribution >= 4 is 27.4 Å². The van der Waals surface area contributed by atoms with Crippen LogP contribution in [0.4, 0.5) is 5.82 Å². The van der Waals surface area contributed by atoms with E-state index in [4.69, 9.17) is 5.73 Å². The Balaban J connectivity index is 1.53. The van der Waals surface area contributed by atoms with Crippen LogP contribution in [0.3, 0.4) is 0 Å². The average Bonchev–Trinajstić information content (AvgIpc) is 3.38. The predicted octanol–water partition coefficient (Wildman–Crippen LogP) is 3.07. The van der Waals surface area contributed by atoms with Gasteiger partial charge in [-0.25, -0.2) is 4.98 Å². The molecule has 1 saturated heterocycles. The van der Waals surface area contributed by atoms with Crippen LogP contribution in [0.5, 0.6) is 0 Å². The van der Waals surface area contributed by atoms with Crippen LogP contribution < -0.4 is 10.6 Å². The minimum atomic E-state index is -0.00657. The van der Waals surface area contributed by atoms with Crippen molar-refractivity contribution in [3.8, 4) is 22.4 Å². The standard InChI is InChI=1S/C19H19N7S/c1-19(10-20)6-7-26(19)16-5-4-15(24-25-16)14-3-2-13(12-8-22-23-9-12)17-18(14)27-11-21-17/h2-5,8-9,11H,6-7,10,20H2,1H3,(H,22,23). The molecule has 4 aromatic rings. The number of nitrogens with zero attached hydrogens (tertiary/aromatic N) is 5. The number of hydrogen-bond acceptors (Lipinski definition) is 7. The minimum absolute atomic E-state index is 0.00657. The lowest BCUT2D eigenvalue weighted by molar-refractivity contribution is 0.307. The number of benzene rings is 1. The van der Waals surface area contributed by atoms with Gasteiger partial charge in [-0.2, -0.15) is 5.10 Å². The van der Waals surface area contributed by atoms with Gasteiger partial charge in [0.15, 0.2) is 5.82 Å². The van der Waals surface area contributed by atoms with Crippen LogP contribution in [0.25, 0.3) is 32.6 Å². The smallest absolute Gasteiger partial charge is 0.151 e. The quantitative estimate of drug-likeness (QED) is 0.567. The molecule has 5 rings (SSSR count). The van der Waals surface area contributed by atoms with Crippen LogP contribution in [-0.2, 0) is 0 Å². The van der Waals surface area contributed by atoms with Crippen LogP contribution in [0.1, 0.15) is 13.3 Å². The van der Waals surface area contributed by atoms with E-state index in [1.165, 1.54) is 0 Å². The van der Waals surface area contributed by atoms with E-state index in [1.54, 1.807) is 11.3 Å². The van der Waals surface area contributed by atoms with E-state index in [1.807, 2.05) is 30.0 Å². The first-order chi connectivity index (χ1) is 13.2. The molecule has 7 nitrogen and oxygen atoms in total. The van der Waals surface area contributed by atoms with Gasteiger partial charge in [0.25, 0.3) is 0 Å². The third-order valence-corrected chi connectivity index (χ3v) is 6.32. The van der Waals surface area contributed by atoms with Crippen molar-refractivity contribution < 1.29 is 0 Å².